The minimum atomic E-state index is -3.68. The number of aromatic nitrogens is 1. The maximum Gasteiger partial charge on any atom is 0.253 e. The van der Waals surface area contributed by atoms with E-state index in [1.165, 1.54) is 12.3 Å². The Labute approximate surface area is 114 Å². The summed E-state index contributed by atoms with van der Waals surface area (Å²) in [6, 6.07) is 6.35. The van der Waals surface area contributed by atoms with Crippen LogP contribution in [0.15, 0.2) is 40.9 Å². The van der Waals surface area contributed by atoms with E-state index in [9.17, 15) is 13.2 Å². The van der Waals surface area contributed by atoms with Crippen LogP contribution in [-0.4, -0.2) is 19.3 Å². The molecule has 8 heteroatoms. The van der Waals surface area contributed by atoms with Crippen molar-refractivity contribution in [2.75, 3.05) is 0 Å². The van der Waals surface area contributed by atoms with Crippen molar-refractivity contribution >= 4 is 27.3 Å². The molecule has 0 aromatic carbocycles. The predicted molar refractivity (Wildman–Crippen MR) is 71.1 cm³/mol. The van der Waals surface area contributed by atoms with Crippen LogP contribution in [0.2, 0.25) is 0 Å². The van der Waals surface area contributed by atoms with Crippen LogP contribution in [0.5, 0.6) is 0 Å². The van der Waals surface area contributed by atoms with Crippen molar-refractivity contribution in [2.24, 2.45) is 5.14 Å². The van der Waals surface area contributed by atoms with Crippen molar-refractivity contribution < 1.29 is 13.2 Å². The van der Waals surface area contributed by atoms with Gasteiger partial charge in [-0.1, -0.05) is 0 Å². The number of thiophene rings is 1. The maximum absolute atomic E-state index is 11.7. The fraction of sp³-hybridized carbons (Fsp3) is 0.0909. The zero-order chi connectivity index (χ0) is 13.9. The van der Waals surface area contributed by atoms with Crippen molar-refractivity contribution in [1.29, 1.82) is 0 Å². The molecule has 2 aromatic rings. The lowest BCUT2D eigenvalue weighted by Crippen LogP contribution is -2.22. The molecule has 0 unspecified atom stereocenters. The average molecular weight is 297 g/mol. The molecule has 0 spiro atoms. The molecule has 2 rings (SSSR count). The van der Waals surface area contributed by atoms with E-state index >= 15 is 0 Å². The second kappa shape index (κ2) is 5.47. The first-order valence-electron chi connectivity index (χ1n) is 5.26. The van der Waals surface area contributed by atoms with Crippen LogP contribution in [0.4, 0.5) is 0 Å². The number of carbonyl (C=O) groups excluding carboxylic acids is 1. The largest absolute Gasteiger partial charge is 0.347 e. The molecule has 2 heterocycles. The zero-order valence-corrected chi connectivity index (χ0v) is 11.4. The van der Waals surface area contributed by atoms with Crippen LogP contribution in [0.25, 0.3) is 0 Å². The highest BCUT2D eigenvalue weighted by Crippen LogP contribution is 2.20. The molecule has 0 bridgehead atoms. The molecule has 100 valence electrons. The molecular formula is C11H11N3O3S2. The summed E-state index contributed by atoms with van der Waals surface area (Å²) >= 11 is 1.03. The number of amides is 1. The van der Waals surface area contributed by atoms with Gasteiger partial charge in [-0.15, -0.1) is 11.3 Å². The van der Waals surface area contributed by atoms with E-state index in [0.717, 1.165) is 11.3 Å². The monoisotopic (exact) mass is 297 g/mol. The Balaban J connectivity index is 2.00. The Morgan fingerprint density at radius 1 is 1.37 bits per heavy atom. The lowest BCUT2D eigenvalue weighted by molar-refractivity contribution is 0.0951. The van der Waals surface area contributed by atoms with Gasteiger partial charge in [0.05, 0.1) is 12.1 Å². The number of carbonyl (C=O) groups is 1. The van der Waals surface area contributed by atoms with Crippen molar-refractivity contribution in [2.45, 2.75) is 10.8 Å². The molecule has 0 aliphatic rings. The third kappa shape index (κ3) is 3.60. The molecule has 0 aliphatic heterocycles. The zero-order valence-electron chi connectivity index (χ0n) is 9.74. The Kier molecular flexibility index (Phi) is 3.93. The Bertz CT molecular complexity index is 680. The van der Waals surface area contributed by atoms with E-state index < -0.39 is 10.0 Å². The number of pyridine rings is 1. The number of sulfonamides is 1. The second-order valence-corrected chi connectivity index (χ2v) is 6.65. The van der Waals surface area contributed by atoms with Gasteiger partial charge in [-0.2, -0.15) is 0 Å². The van der Waals surface area contributed by atoms with E-state index in [1.807, 2.05) is 0 Å². The summed E-state index contributed by atoms with van der Waals surface area (Å²) in [6.07, 6.45) is 3.04. The van der Waals surface area contributed by atoms with Crippen LogP contribution < -0.4 is 10.5 Å². The van der Waals surface area contributed by atoms with E-state index in [1.54, 1.807) is 24.4 Å². The molecule has 0 saturated heterocycles. The summed E-state index contributed by atoms with van der Waals surface area (Å²) in [5.41, 5.74) is 0.450. The molecule has 0 fully saturated rings. The van der Waals surface area contributed by atoms with Crippen molar-refractivity contribution in [3.63, 3.8) is 0 Å². The summed E-state index contributed by atoms with van der Waals surface area (Å²) in [5.74, 6) is -0.265. The van der Waals surface area contributed by atoms with E-state index in [2.05, 4.69) is 10.3 Å². The molecule has 1 amide bonds. The third-order valence-corrected chi connectivity index (χ3v) is 4.79. The summed E-state index contributed by atoms with van der Waals surface area (Å²) in [6.45, 7) is 0.244. The number of hydrogen-bond acceptors (Lipinski definition) is 5. The molecule has 3 N–H and O–H groups in total. The number of primary sulfonamides is 1. The standard InChI is InChI=1S/C11H11N3O3S2/c12-19(16,17)10-4-3-9(18-10)7-14-11(15)8-2-1-5-13-6-8/h1-6H,7H2,(H,14,15)(H2,12,16,17). The van der Waals surface area contributed by atoms with Gasteiger partial charge in [0, 0.05) is 17.3 Å². The highest BCUT2D eigenvalue weighted by atomic mass is 32.2. The number of rotatable bonds is 4. The van der Waals surface area contributed by atoms with Crippen LogP contribution in [0, 0.1) is 0 Å². The van der Waals surface area contributed by atoms with Crippen molar-refractivity contribution in [1.82, 2.24) is 10.3 Å². The van der Waals surface area contributed by atoms with Gasteiger partial charge >= 0.3 is 0 Å². The normalized spacial score (nSPS) is 11.2. The number of nitrogens with one attached hydrogen (secondary N) is 1. The topological polar surface area (TPSA) is 102 Å². The number of nitrogens with two attached hydrogens (primary N) is 1. The van der Waals surface area contributed by atoms with Crippen LogP contribution in [-0.2, 0) is 16.6 Å². The number of hydrogen-bond donors (Lipinski definition) is 2. The number of nitrogens with zero attached hydrogens (tertiary/aromatic N) is 1. The molecule has 0 saturated carbocycles. The van der Waals surface area contributed by atoms with Crippen LogP contribution >= 0.6 is 11.3 Å². The Morgan fingerprint density at radius 2 is 2.16 bits per heavy atom. The Hall–Kier alpha value is -1.77. The van der Waals surface area contributed by atoms with Gasteiger partial charge in [0.25, 0.3) is 5.91 Å². The summed E-state index contributed by atoms with van der Waals surface area (Å²) in [4.78, 5) is 16.3. The Morgan fingerprint density at radius 3 is 2.74 bits per heavy atom. The summed E-state index contributed by atoms with van der Waals surface area (Å²) < 4.78 is 22.3. The highest BCUT2D eigenvalue weighted by molar-refractivity contribution is 7.91. The predicted octanol–water partition coefficient (Wildman–Crippen LogP) is 0.720. The second-order valence-electron chi connectivity index (χ2n) is 3.69. The highest BCUT2D eigenvalue weighted by Gasteiger charge is 2.12. The van der Waals surface area contributed by atoms with Crippen molar-refractivity contribution in [3.05, 3.63) is 47.1 Å². The molecule has 0 aliphatic carbocycles. The SMILES string of the molecule is NS(=O)(=O)c1ccc(CNC(=O)c2cccnc2)s1. The fourth-order valence-electron chi connectivity index (χ4n) is 1.37. The first-order chi connectivity index (χ1) is 8.97. The van der Waals surface area contributed by atoms with Gasteiger partial charge in [-0.25, -0.2) is 13.6 Å². The van der Waals surface area contributed by atoms with Gasteiger partial charge in [-0.3, -0.25) is 9.78 Å². The van der Waals surface area contributed by atoms with E-state index in [-0.39, 0.29) is 16.7 Å². The summed E-state index contributed by atoms with van der Waals surface area (Å²) in [7, 11) is -3.68. The van der Waals surface area contributed by atoms with Crippen molar-refractivity contribution in [3.8, 4) is 0 Å². The van der Waals surface area contributed by atoms with E-state index in [0.29, 0.717) is 10.4 Å². The van der Waals surface area contributed by atoms with Gasteiger partial charge < -0.3 is 5.32 Å². The van der Waals surface area contributed by atoms with Gasteiger partial charge in [-0.05, 0) is 24.3 Å². The van der Waals surface area contributed by atoms with Gasteiger partial charge in [0.15, 0.2) is 0 Å². The molecule has 0 atom stereocenters. The van der Waals surface area contributed by atoms with Crippen LogP contribution in [0.1, 0.15) is 15.2 Å². The fourth-order valence-corrected chi connectivity index (χ4v) is 3.09. The van der Waals surface area contributed by atoms with E-state index in [4.69, 9.17) is 5.14 Å². The third-order valence-electron chi connectivity index (χ3n) is 2.26. The van der Waals surface area contributed by atoms with Gasteiger partial charge in [0.2, 0.25) is 10.0 Å². The summed E-state index contributed by atoms with van der Waals surface area (Å²) in [5, 5.41) is 7.68. The minimum Gasteiger partial charge on any atom is -0.347 e. The lowest BCUT2D eigenvalue weighted by Gasteiger charge is -2.02. The minimum absolute atomic E-state index is 0.0816. The average Bonchev–Trinajstić information content (AvgIpc) is 2.86. The van der Waals surface area contributed by atoms with Crippen LogP contribution in [0.3, 0.4) is 0 Å². The molecular weight excluding hydrogens is 286 g/mol. The molecule has 2 aromatic heterocycles. The van der Waals surface area contributed by atoms with Gasteiger partial charge in [0.1, 0.15) is 4.21 Å². The first-order valence-corrected chi connectivity index (χ1v) is 7.63. The quantitative estimate of drug-likeness (QED) is 0.868. The smallest absolute Gasteiger partial charge is 0.253 e. The molecule has 19 heavy (non-hydrogen) atoms. The molecule has 6 nitrogen and oxygen atoms in total. The lowest BCUT2D eigenvalue weighted by atomic mass is 10.3. The maximum atomic E-state index is 11.7. The molecule has 0 radical (unpaired) electrons. The first kappa shape index (κ1) is 13.7.